The molecule has 1 atom stereocenters. The molecule has 0 aliphatic rings. The number of nitrogens with zero attached hydrogens (tertiary/aromatic N) is 1. The van der Waals surface area contributed by atoms with E-state index in [1.807, 2.05) is 49.6 Å². The van der Waals surface area contributed by atoms with Crippen molar-refractivity contribution in [3.05, 3.63) is 65.9 Å². The van der Waals surface area contributed by atoms with Crippen molar-refractivity contribution in [2.75, 3.05) is 27.9 Å². The molecular formula is C22H26N2O3. The quantitative estimate of drug-likeness (QED) is 0.664. The van der Waals surface area contributed by atoms with Crippen molar-refractivity contribution in [1.82, 2.24) is 9.88 Å². The molecule has 142 valence electrons. The average Bonchev–Trinajstić information content (AvgIpc) is 3.09. The minimum atomic E-state index is -0.00959. The molecular weight excluding hydrogens is 340 g/mol. The van der Waals surface area contributed by atoms with Gasteiger partial charge in [0.25, 0.3) is 0 Å². The fourth-order valence-corrected chi connectivity index (χ4v) is 3.31. The molecule has 0 saturated heterocycles. The number of fused-ring (bicyclic) bond motifs is 1. The summed E-state index contributed by atoms with van der Waals surface area (Å²) in [7, 11) is 5.16. The molecule has 0 radical (unpaired) electrons. The van der Waals surface area contributed by atoms with Gasteiger partial charge in [-0.3, -0.25) is 4.79 Å². The van der Waals surface area contributed by atoms with Gasteiger partial charge in [-0.1, -0.05) is 30.3 Å². The van der Waals surface area contributed by atoms with Crippen LogP contribution in [0.4, 0.5) is 0 Å². The van der Waals surface area contributed by atoms with Gasteiger partial charge in [-0.15, -0.1) is 0 Å². The van der Waals surface area contributed by atoms with E-state index in [-0.39, 0.29) is 11.9 Å². The van der Waals surface area contributed by atoms with Crippen LogP contribution in [0.25, 0.3) is 10.9 Å². The topological polar surface area (TPSA) is 54.6 Å². The number of likely N-dealkylation sites (N-methyl/N-ethyl adjacent to an activating group) is 1. The van der Waals surface area contributed by atoms with E-state index in [4.69, 9.17) is 9.47 Å². The Kier molecular flexibility index (Phi) is 6.14. The van der Waals surface area contributed by atoms with Crippen LogP contribution in [-0.2, 0) is 22.4 Å². The second kappa shape index (κ2) is 8.73. The Morgan fingerprint density at radius 2 is 1.93 bits per heavy atom. The second-order valence-electron chi connectivity index (χ2n) is 6.71. The Morgan fingerprint density at radius 3 is 2.63 bits per heavy atom. The van der Waals surface area contributed by atoms with E-state index in [9.17, 15) is 4.79 Å². The van der Waals surface area contributed by atoms with Crippen molar-refractivity contribution >= 4 is 16.8 Å². The van der Waals surface area contributed by atoms with Crippen LogP contribution in [0.15, 0.2) is 54.7 Å². The summed E-state index contributed by atoms with van der Waals surface area (Å²) in [4.78, 5) is 18.0. The van der Waals surface area contributed by atoms with Gasteiger partial charge in [-0.05, 0) is 35.7 Å². The maximum absolute atomic E-state index is 12.9. The van der Waals surface area contributed by atoms with Crippen LogP contribution < -0.4 is 4.74 Å². The first-order valence-corrected chi connectivity index (χ1v) is 9.05. The SMILES string of the molecule is COC[C@H](Cc1ccccc1)N(C)C(=O)Cc1c[nH]c2ccc(OC)cc12. The van der Waals surface area contributed by atoms with Crippen LogP contribution in [0.3, 0.4) is 0 Å². The van der Waals surface area contributed by atoms with E-state index in [1.165, 1.54) is 5.56 Å². The first-order chi connectivity index (χ1) is 13.1. The monoisotopic (exact) mass is 366 g/mol. The Labute approximate surface area is 159 Å². The predicted molar refractivity (Wildman–Crippen MR) is 107 cm³/mol. The van der Waals surface area contributed by atoms with Crippen molar-refractivity contribution in [1.29, 1.82) is 0 Å². The van der Waals surface area contributed by atoms with Crippen LogP contribution in [0.2, 0.25) is 0 Å². The number of amides is 1. The number of benzene rings is 2. The fraction of sp³-hybridized carbons (Fsp3) is 0.318. The lowest BCUT2D eigenvalue weighted by atomic mass is 10.0. The minimum Gasteiger partial charge on any atom is -0.497 e. The number of carbonyl (C=O) groups excluding carboxylic acids is 1. The van der Waals surface area contributed by atoms with Gasteiger partial charge in [0, 0.05) is 31.3 Å². The van der Waals surface area contributed by atoms with Crippen LogP contribution in [0.5, 0.6) is 5.75 Å². The summed E-state index contributed by atoms with van der Waals surface area (Å²) in [5, 5.41) is 1.02. The van der Waals surface area contributed by atoms with Crippen LogP contribution in [-0.4, -0.2) is 49.7 Å². The zero-order valence-corrected chi connectivity index (χ0v) is 16.1. The van der Waals surface area contributed by atoms with Gasteiger partial charge < -0.3 is 19.4 Å². The number of carbonyl (C=O) groups is 1. The maximum atomic E-state index is 12.9. The van der Waals surface area contributed by atoms with E-state index in [0.29, 0.717) is 13.0 Å². The number of rotatable bonds is 8. The lowest BCUT2D eigenvalue weighted by Gasteiger charge is -2.28. The zero-order valence-electron chi connectivity index (χ0n) is 16.1. The van der Waals surface area contributed by atoms with Crippen molar-refractivity contribution < 1.29 is 14.3 Å². The smallest absolute Gasteiger partial charge is 0.227 e. The average molecular weight is 366 g/mol. The molecule has 3 aromatic rings. The lowest BCUT2D eigenvalue weighted by Crippen LogP contribution is -2.42. The van der Waals surface area contributed by atoms with Gasteiger partial charge in [0.05, 0.1) is 26.2 Å². The summed E-state index contributed by atoms with van der Waals surface area (Å²) >= 11 is 0. The predicted octanol–water partition coefficient (Wildman–Crippen LogP) is 3.44. The molecule has 0 unspecified atom stereocenters. The lowest BCUT2D eigenvalue weighted by molar-refractivity contribution is -0.132. The summed E-state index contributed by atoms with van der Waals surface area (Å²) in [6.07, 6.45) is 3.00. The molecule has 1 N–H and O–H groups in total. The number of nitrogens with one attached hydrogen (secondary N) is 1. The molecule has 1 amide bonds. The van der Waals surface area contributed by atoms with E-state index in [0.717, 1.165) is 28.6 Å². The molecule has 0 saturated carbocycles. The van der Waals surface area contributed by atoms with Crippen molar-refractivity contribution in [2.45, 2.75) is 18.9 Å². The molecule has 5 heteroatoms. The highest BCUT2D eigenvalue weighted by atomic mass is 16.5. The third kappa shape index (κ3) is 4.49. The van der Waals surface area contributed by atoms with E-state index in [1.54, 1.807) is 19.1 Å². The Hall–Kier alpha value is -2.79. The second-order valence-corrected chi connectivity index (χ2v) is 6.71. The number of H-pyrrole nitrogens is 1. The fourth-order valence-electron chi connectivity index (χ4n) is 3.31. The van der Waals surface area contributed by atoms with Crippen molar-refractivity contribution in [3.63, 3.8) is 0 Å². The summed E-state index contributed by atoms with van der Waals surface area (Å²) in [5.74, 6) is 0.849. The van der Waals surface area contributed by atoms with E-state index < -0.39 is 0 Å². The highest BCUT2D eigenvalue weighted by molar-refractivity contribution is 5.89. The molecule has 1 aromatic heterocycles. The normalized spacial score (nSPS) is 12.1. The molecule has 0 aliphatic carbocycles. The summed E-state index contributed by atoms with van der Waals surface area (Å²) in [5.41, 5.74) is 3.16. The Bertz CT molecular complexity index is 889. The zero-order chi connectivity index (χ0) is 19.2. The number of aromatic nitrogens is 1. The summed E-state index contributed by atoms with van der Waals surface area (Å²) in [6, 6.07) is 16.0. The van der Waals surface area contributed by atoms with Gasteiger partial charge in [-0.25, -0.2) is 0 Å². The molecule has 0 spiro atoms. The van der Waals surface area contributed by atoms with E-state index >= 15 is 0 Å². The summed E-state index contributed by atoms with van der Waals surface area (Å²) in [6.45, 7) is 0.499. The standard InChI is InChI=1S/C22H26N2O3/c1-24(18(15-26-2)11-16-7-5-4-6-8-16)22(25)12-17-14-23-21-10-9-19(27-3)13-20(17)21/h4-10,13-14,18,23H,11-12,15H2,1-3H3/t18-/m0/s1. The van der Waals surface area contributed by atoms with Crippen molar-refractivity contribution in [2.24, 2.45) is 0 Å². The molecule has 0 fully saturated rings. The Balaban J connectivity index is 1.75. The summed E-state index contributed by atoms with van der Waals surface area (Å²) < 4.78 is 10.7. The van der Waals surface area contributed by atoms with Gasteiger partial charge >= 0.3 is 0 Å². The molecule has 3 rings (SSSR count). The molecule has 2 aromatic carbocycles. The number of hydrogen-bond acceptors (Lipinski definition) is 3. The van der Waals surface area contributed by atoms with Crippen molar-refractivity contribution in [3.8, 4) is 5.75 Å². The van der Waals surface area contributed by atoms with Gasteiger partial charge in [0.1, 0.15) is 5.75 Å². The van der Waals surface area contributed by atoms with E-state index in [2.05, 4.69) is 17.1 Å². The number of aromatic amines is 1. The molecule has 0 bridgehead atoms. The molecule has 27 heavy (non-hydrogen) atoms. The van der Waals surface area contributed by atoms with Crippen LogP contribution in [0.1, 0.15) is 11.1 Å². The largest absolute Gasteiger partial charge is 0.497 e. The molecule has 1 heterocycles. The first kappa shape index (κ1) is 19.0. The van der Waals surface area contributed by atoms with Crippen LogP contribution >= 0.6 is 0 Å². The van der Waals surface area contributed by atoms with Gasteiger partial charge in [-0.2, -0.15) is 0 Å². The minimum absolute atomic E-state index is 0.00959. The number of methoxy groups -OCH3 is 2. The Morgan fingerprint density at radius 1 is 1.15 bits per heavy atom. The van der Waals surface area contributed by atoms with Crippen LogP contribution in [0, 0.1) is 0 Å². The number of hydrogen-bond donors (Lipinski definition) is 1. The molecule has 5 nitrogen and oxygen atoms in total. The van der Waals surface area contributed by atoms with Gasteiger partial charge in [0.15, 0.2) is 0 Å². The highest BCUT2D eigenvalue weighted by Gasteiger charge is 2.21. The first-order valence-electron chi connectivity index (χ1n) is 9.05. The number of ether oxygens (including phenoxy) is 2. The van der Waals surface area contributed by atoms with Gasteiger partial charge in [0.2, 0.25) is 5.91 Å². The third-order valence-electron chi connectivity index (χ3n) is 4.93. The maximum Gasteiger partial charge on any atom is 0.227 e. The third-order valence-corrected chi connectivity index (χ3v) is 4.93. The highest BCUT2D eigenvalue weighted by Crippen LogP contribution is 2.24. The molecule has 0 aliphatic heterocycles.